The average molecular weight is 356 g/mol. The monoisotopic (exact) mass is 356 g/mol. The molecule has 1 N–H and O–H groups in total. The molecule has 0 saturated heterocycles. The largest absolute Gasteiger partial charge is 0.507 e. The van der Waals surface area contributed by atoms with Crippen LogP contribution in [0, 0.1) is 5.82 Å². The third-order valence-corrected chi connectivity index (χ3v) is 5.63. The van der Waals surface area contributed by atoms with Gasteiger partial charge in [0.15, 0.2) is 0 Å². The summed E-state index contributed by atoms with van der Waals surface area (Å²) < 4.78 is 14.0. The normalized spacial score (nSPS) is 11.2. The molecule has 24 heavy (non-hydrogen) atoms. The van der Waals surface area contributed by atoms with Gasteiger partial charge in [0, 0.05) is 10.6 Å². The number of rotatable bonds is 5. The van der Waals surface area contributed by atoms with Crippen LogP contribution in [0.3, 0.4) is 0 Å². The predicted octanol–water partition coefficient (Wildman–Crippen LogP) is 4.13. The van der Waals surface area contributed by atoms with Crippen molar-refractivity contribution < 1.29 is 9.50 Å². The Morgan fingerprint density at radius 3 is 2.29 bits per heavy atom. The van der Waals surface area contributed by atoms with E-state index in [-0.39, 0.29) is 20.1 Å². The van der Waals surface area contributed by atoms with Crippen molar-refractivity contribution in [2.75, 3.05) is 0 Å². The van der Waals surface area contributed by atoms with Crippen molar-refractivity contribution >= 4 is 28.4 Å². The zero-order chi connectivity index (χ0) is 16.9. The van der Waals surface area contributed by atoms with Crippen molar-refractivity contribution in [1.82, 2.24) is 0 Å². The van der Waals surface area contributed by atoms with Gasteiger partial charge in [-0.2, -0.15) is 0 Å². The van der Waals surface area contributed by atoms with E-state index in [4.69, 9.17) is 0 Å². The summed E-state index contributed by atoms with van der Waals surface area (Å²) in [6.07, 6.45) is 1.47. The van der Waals surface area contributed by atoms with Gasteiger partial charge in [-0.3, -0.25) is 0 Å². The van der Waals surface area contributed by atoms with Gasteiger partial charge >= 0.3 is 0 Å². The molecule has 0 aliphatic carbocycles. The minimum atomic E-state index is -0.226. The molecule has 2 atom stereocenters. The van der Waals surface area contributed by atoms with Crippen molar-refractivity contribution in [3.8, 4) is 5.75 Å². The van der Waals surface area contributed by atoms with Gasteiger partial charge in [-0.05, 0) is 41.4 Å². The number of phenolic OH excluding ortho intramolecular Hbond substituents is 1. The van der Waals surface area contributed by atoms with Gasteiger partial charge in [0.25, 0.3) is 0 Å². The molecule has 4 heteroatoms. The Morgan fingerprint density at radius 1 is 0.875 bits per heavy atom. The molecule has 2 unspecified atom stereocenters. The summed E-state index contributed by atoms with van der Waals surface area (Å²) in [5.74, 6) is 0.0551. The van der Waals surface area contributed by atoms with Crippen LogP contribution in [0.4, 0.5) is 4.39 Å². The molecule has 3 rings (SSSR count). The molecule has 0 spiro atoms. The standard InChI is InChI=1S/C20H19FOP2/c21-17-8-4-5-9-18(17)24-19-12-15(11-16(13-23)20(19)22)10-14-6-2-1-3-7-14/h1-9,11-12,22,24H,10,13,23H2. The fourth-order valence-electron chi connectivity index (χ4n) is 2.65. The molecular formula is C20H19FOP2. The molecule has 1 nitrogen and oxygen atoms in total. The van der Waals surface area contributed by atoms with Gasteiger partial charge in [0.2, 0.25) is 0 Å². The highest BCUT2D eigenvalue weighted by molar-refractivity contribution is 7.55. The molecular weight excluding hydrogens is 337 g/mol. The third-order valence-electron chi connectivity index (χ3n) is 3.86. The smallest absolute Gasteiger partial charge is 0.130 e. The molecule has 0 bridgehead atoms. The van der Waals surface area contributed by atoms with Crippen molar-refractivity contribution in [2.24, 2.45) is 0 Å². The molecule has 3 aromatic rings. The summed E-state index contributed by atoms with van der Waals surface area (Å²) in [5.41, 5.74) is 3.24. The van der Waals surface area contributed by atoms with Crippen LogP contribution in [-0.2, 0) is 12.6 Å². The Balaban J connectivity index is 1.96. The first-order valence-electron chi connectivity index (χ1n) is 7.77. The van der Waals surface area contributed by atoms with Crippen LogP contribution in [0.25, 0.3) is 0 Å². The van der Waals surface area contributed by atoms with Crippen LogP contribution in [-0.4, -0.2) is 5.11 Å². The molecule has 0 aliphatic heterocycles. The number of hydrogen-bond donors (Lipinski definition) is 1. The molecule has 3 aromatic carbocycles. The molecule has 122 valence electrons. The SMILES string of the molecule is Oc1c(CP)cc(Cc2ccccc2)cc1Pc1ccccc1F. The Kier molecular flexibility index (Phi) is 5.61. The van der Waals surface area contributed by atoms with E-state index in [0.717, 1.165) is 22.9 Å². The Hall–Kier alpha value is -1.75. The van der Waals surface area contributed by atoms with Crippen LogP contribution >= 0.6 is 17.8 Å². The molecule has 0 aromatic heterocycles. The minimum Gasteiger partial charge on any atom is -0.507 e. The Bertz CT molecular complexity index is 834. The van der Waals surface area contributed by atoms with Crippen LogP contribution in [0.15, 0.2) is 66.7 Å². The second-order valence-corrected chi connectivity index (χ2v) is 7.36. The van der Waals surface area contributed by atoms with E-state index in [1.54, 1.807) is 12.1 Å². The summed E-state index contributed by atoms with van der Waals surface area (Å²) in [6, 6.07) is 21.0. The number of hydrogen-bond acceptors (Lipinski definition) is 1. The maximum absolute atomic E-state index is 14.0. The van der Waals surface area contributed by atoms with E-state index < -0.39 is 0 Å². The predicted molar refractivity (Wildman–Crippen MR) is 105 cm³/mol. The molecule has 0 heterocycles. The lowest BCUT2D eigenvalue weighted by Crippen LogP contribution is -2.10. The fraction of sp³-hybridized carbons (Fsp3) is 0.100. The van der Waals surface area contributed by atoms with Gasteiger partial charge in [0.1, 0.15) is 11.6 Å². The van der Waals surface area contributed by atoms with Gasteiger partial charge in [-0.1, -0.05) is 63.2 Å². The quantitative estimate of drug-likeness (QED) is 0.682. The maximum Gasteiger partial charge on any atom is 0.130 e. The number of phenols is 1. The van der Waals surface area contributed by atoms with Crippen molar-refractivity contribution in [2.45, 2.75) is 12.6 Å². The summed E-state index contributed by atoms with van der Waals surface area (Å²) in [4.78, 5) is 0. The van der Waals surface area contributed by atoms with Gasteiger partial charge in [-0.25, -0.2) is 4.39 Å². The van der Waals surface area contributed by atoms with Crippen LogP contribution in [0.1, 0.15) is 16.7 Å². The summed E-state index contributed by atoms with van der Waals surface area (Å²) >= 11 is 0. The molecule has 0 fully saturated rings. The Morgan fingerprint density at radius 2 is 1.58 bits per heavy atom. The number of aromatic hydroxyl groups is 1. The first-order chi connectivity index (χ1) is 11.7. The van der Waals surface area contributed by atoms with E-state index in [9.17, 15) is 9.50 Å². The molecule has 0 saturated carbocycles. The highest BCUT2D eigenvalue weighted by Crippen LogP contribution is 2.27. The van der Waals surface area contributed by atoms with Gasteiger partial charge in [-0.15, -0.1) is 9.24 Å². The lowest BCUT2D eigenvalue weighted by Gasteiger charge is -2.13. The lowest BCUT2D eigenvalue weighted by atomic mass is 10.0. The summed E-state index contributed by atoms with van der Waals surface area (Å²) in [7, 11) is 2.75. The van der Waals surface area contributed by atoms with Crippen molar-refractivity contribution in [3.63, 3.8) is 0 Å². The minimum absolute atomic E-state index is 0.0967. The second kappa shape index (κ2) is 7.88. The van der Waals surface area contributed by atoms with Crippen molar-refractivity contribution in [1.29, 1.82) is 0 Å². The summed E-state index contributed by atoms with van der Waals surface area (Å²) in [5, 5.41) is 11.9. The highest BCUT2D eigenvalue weighted by Gasteiger charge is 2.12. The van der Waals surface area contributed by atoms with E-state index in [1.807, 2.05) is 36.4 Å². The zero-order valence-corrected chi connectivity index (χ0v) is 15.3. The fourth-order valence-corrected chi connectivity index (χ4v) is 4.17. The van der Waals surface area contributed by atoms with Gasteiger partial charge in [0.05, 0.1) is 0 Å². The highest BCUT2D eigenvalue weighted by atomic mass is 31.1. The van der Waals surface area contributed by atoms with Crippen LogP contribution < -0.4 is 10.6 Å². The number of benzene rings is 3. The van der Waals surface area contributed by atoms with Crippen molar-refractivity contribution in [3.05, 3.63) is 89.2 Å². The Labute approximate surface area is 145 Å². The maximum atomic E-state index is 14.0. The first kappa shape index (κ1) is 17.1. The van der Waals surface area contributed by atoms with E-state index in [1.165, 1.54) is 11.6 Å². The third kappa shape index (κ3) is 4.01. The summed E-state index contributed by atoms with van der Waals surface area (Å²) in [6.45, 7) is 0. The number of halogens is 1. The molecule has 0 aliphatic rings. The molecule has 0 radical (unpaired) electrons. The molecule has 0 amide bonds. The van der Waals surface area contributed by atoms with Gasteiger partial charge < -0.3 is 5.11 Å². The topological polar surface area (TPSA) is 20.2 Å². The lowest BCUT2D eigenvalue weighted by molar-refractivity contribution is 0.475. The average Bonchev–Trinajstić information content (AvgIpc) is 2.60. The van der Waals surface area contributed by atoms with E-state index in [2.05, 4.69) is 21.4 Å². The van der Waals surface area contributed by atoms with Crippen LogP contribution in [0.5, 0.6) is 5.75 Å². The zero-order valence-electron chi connectivity index (χ0n) is 13.2. The second-order valence-electron chi connectivity index (χ2n) is 5.62. The van der Waals surface area contributed by atoms with E-state index >= 15 is 0 Å². The van der Waals surface area contributed by atoms with E-state index in [0.29, 0.717) is 11.5 Å². The van der Waals surface area contributed by atoms with Crippen LogP contribution in [0.2, 0.25) is 0 Å². The first-order valence-corrected chi connectivity index (χ1v) is 9.59.